The molecule has 0 saturated heterocycles. The lowest BCUT2D eigenvalue weighted by atomic mass is 9.98. The number of hydrazine groups is 1. The monoisotopic (exact) mass is 400 g/mol. The van der Waals surface area contributed by atoms with E-state index in [1.807, 2.05) is 59.3 Å². The molecule has 0 aliphatic heterocycles. The van der Waals surface area contributed by atoms with Gasteiger partial charge in [0.25, 0.3) is 0 Å². The fourth-order valence-electron chi connectivity index (χ4n) is 3.27. The van der Waals surface area contributed by atoms with Crippen molar-refractivity contribution in [2.45, 2.75) is 19.4 Å². The van der Waals surface area contributed by atoms with Gasteiger partial charge >= 0.3 is 0 Å². The molecule has 0 fully saturated rings. The van der Waals surface area contributed by atoms with Gasteiger partial charge in [-0.05, 0) is 43.2 Å². The lowest BCUT2D eigenvalue weighted by Crippen LogP contribution is -2.15. The van der Waals surface area contributed by atoms with Crippen molar-refractivity contribution in [3.8, 4) is 11.3 Å². The molecular formula is C23H24N6O. The van der Waals surface area contributed by atoms with E-state index in [9.17, 15) is 5.11 Å². The molecule has 2 aromatic carbocycles. The average molecular weight is 400 g/mol. The van der Waals surface area contributed by atoms with E-state index in [1.165, 1.54) is 0 Å². The molecule has 5 N–H and O–H groups in total. The molecule has 7 nitrogen and oxygen atoms in total. The Labute approximate surface area is 174 Å². The molecule has 0 aliphatic rings. The number of nitrogens with two attached hydrogens (primary N) is 1. The number of hydrogen-bond acceptors (Lipinski definition) is 6. The van der Waals surface area contributed by atoms with Crippen LogP contribution in [-0.2, 0) is 5.60 Å². The van der Waals surface area contributed by atoms with Crippen molar-refractivity contribution in [1.82, 2.24) is 14.4 Å². The van der Waals surface area contributed by atoms with Gasteiger partial charge in [0.05, 0.1) is 17.0 Å². The summed E-state index contributed by atoms with van der Waals surface area (Å²) in [5.41, 5.74) is 7.57. The Kier molecular flexibility index (Phi) is 4.99. The van der Waals surface area contributed by atoms with Gasteiger partial charge in [-0.2, -0.15) is 0 Å². The molecule has 0 aliphatic carbocycles. The van der Waals surface area contributed by atoms with Gasteiger partial charge < -0.3 is 20.2 Å². The van der Waals surface area contributed by atoms with Crippen LogP contribution >= 0.6 is 0 Å². The first-order valence-corrected chi connectivity index (χ1v) is 9.56. The van der Waals surface area contributed by atoms with E-state index in [0.717, 1.165) is 33.8 Å². The van der Waals surface area contributed by atoms with Crippen LogP contribution in [0.15, 0.2) is 67.6 Å². The molecule has 4 rings (SSSR count). The average Bonchev–Trinajstić information content (AvgIpc) is 3.22. The number of anilines is 3. The van der Waals surface area contributed by atoms with Crippen molar-refractivity contribution in [3.63, 3.8) is 0 Å². The third kappa shape index (κ3) is 3.76. The SMILES string of the molecule is C=Cc1ccc(-c2cn3ccnc3c(Nc3ccc(C(C)(C)O)cc3)n2)cc1NN. The van der Waals surface area contributed by atoms with E-state index < -0.39 is 5.60 Å². The molecule has 0 unspecified atom stereocenters. The maximum absolute atomic E-state index is 10.2. The standard InChI is InChI=1S/C23H24N6O/c1-4-15-5-6-16(13-19(15)28-24)20-14-29-12-11-25-22(29)21(27-20)26-18-9-7-17(8-10-18)23(2,3)30/h4-14,28,30H,1,24H2,2-3H3,(H,26,27). The van der Waals surface area contributed by atoms with Crippen molar-refractivity contribution < 1.29 is 5.11 Å². The molecule has 2 aromatic heterocycles. The highest BCUT2D eigenvalue weighted by Crippen LogP contribution is 2.29. The Morgan fingerprint density at radius 1 is 1.17 bits per heavy atom. The maximum atomic E-state index is 10.2. The van der Waals surface area contributed by atoms with Crippen molar-refractivity contribution in [2.24, 2.45) is 5.84 Å². The predicted molar refractivity (Wildman–Crippen MR) is 121 cm³/mol. The zero-order valence-corrected chi connectivity index (χ0v) is 16.9. The van der Waals surface area contributed by atoms with Gasteiger partial charge in [0.2, 0.25) is 0 Å². The van der Waals surface area contributed by atoms with E-state index in [1.54, 1.807) is 26.1 Å². The first-order chi connectivity index (χ1) is 14.4. The number of hydrogen-bond donors (Lipinski definition) is 4. The van der Waals surface area contributed by atoms with Gasteiger partial charge in [-0.15, -0.1) is 0 Å². The van der Waals surface area contributed by atoms with Crippen LogP contribution in [-0.4, -0.2) is 19.5 Å². The third-order valence-electron chi connectivity index (χ3n) is 4.95. The number of benzene rings is 2. The highest BCUT2D eigenvalue weighted by Gasteiger charge is 2.16. The molecule has 0 atom stereocenters. The van der Waals surface area contributed by atoms with Crippen molar-refractivity contribution in [3.05, 3.63) is 78.8 Å². The number of aromatic nitrogens is 3. The fraction of sp³-hybridized carbons (Fsp3) is 0.130. The maximum Gasteiger partial charge on any atom is 0.180 e. The first-order valence-electron chi connectivity index (χ1n) is 9.56. The van der Waals surface area contributed by atoms with Gasteiger partial charge in [0.15, 0.2) is 11.5 Å². The number of imidazole rings is 1. The van der Waals surface area contributed by atoms with E-state index in [0.29, 0.717) is 11.5 Å². The van der Waals surface area contributed by atoms with Gasteiger partial charge in [-0.25, -0.2) is 9.97 Å². The number of rotatable bonds is 6. The summed E-state index contributed by atoms with van der Waals surface area (Å²) in [6.07, 6.45) is 7.28. The second-order valence-corrected chi connectivity index (χ2v) is 7.54. The van der Waals surface area contributed by atoms with Gasteiger partial charge in [0.1, 0.15) is 0 Å². The van der Waals surface area contributed by atoms with Crippen LogP contribution < -0.4 is 16.6 Å². The molecule has 152 valence electrons. The summed E-state index contributed by atoms with van der Waals surface area (Å²) in [6.45, 7) is 7.33. The minimum atomic E-state index is -0.890. The summed E-state index contributed by atoms with van der Waals surface area (Å²) in [5, 5.41) is 13.5. The number of nitrogen functional groups attached to an aromatic ring is 1. The van der Waals surface area contributed by atoms with Crippen LogP contribution in [0.2, 0.25) is 0 Å². The van der Waals surface area contributed by atoms with Gasteiger partial charge in [0, 0.05) is 29.8 Å². The number of nitrogens with one attached hydrogen (secondary N) is 2. The van der Waals surface area contributed by atoms with Crippen LogP contribution in [0.1, 0.15) is 25.0 Å². The Bertz CT molecular complexity index is 1200. The summed E-state index contributed by atoms with van der Waals surface area (Å²) in [5.74, 6) is 6.29. The Morgan fingerprint density at radius 2 is 1.93 bits per heavy atom. The van der Waals surface area contributed by atoms with E-state index in [2.05, 4.69) is 22.3 Å². The minimum absolute atomic E-state index is 0.628. The Morgan fingerprint density at radius 3 is 2.60 bits per heavy atom. The molecule has 0 amide bonds. The molecule has 2 heterocycles. The molecule has 7 heteroatoms. The normalized spacial score (nSPS) is 11.5. The third-order valence-corrected chi connectivity index (χ3v) is 4.95. The van der Waals surface area contributed by atoms with Gasteiger partial charge in [-0.3, -0.25) is 5.84 Å². The topological polar surface area (TPSA) is 100 Å². The fourth-order valence-corrected chi connectivity index (χ4v) is 3.27. The van der Waals surface area contributed by atoms with Crippen LogP contribution in [0, 0.1) is 0 Å². The van der Waals surface area contributed by atoms with Crippen molar-refractivity contribution in [1.29, 1.82) is 0 Å². The molecular weight excluding hydrogens is 376 g/mol. The Hall–Kier alpha value is -3.68. The summed E-state index contributed by atoms with van der Waals surface area (Å²) in [6, 6.07) is 13.5. The van der Waals surface area contributed by atoms with E-state index in [4.69, 9.17) is 10.8 Å². The van der Waals surface area contributed by atoms with E-state index in [-0.39, 0.29) is 0 Å². The molecule has 0 spiro atoms. The quantitative estimate of drug-likeness (QED) is 0.284. The van der Waals surface area contributed by atoms with Crippen LogP contribution in [0.5, 0.6) is 0 Å². The van der Waals surface area contributed by atoms with Crippen LogP contribution in [0.25, 0.3) is 23.0 Å². The lowest BCUT2D eigenvalue weighted by Gasteiger charge is -2.18. The predicted octanol–water partition coefficient (Wildman–Crippen LogP) is 4.30. The minimum Gasteiger partial charge on any atom is -0.386 e. The highest BCUT2D eigenvalue weighted by molar-refractivity contribution is 5.77. The van der Waals surface area contributed by atoms with Crippen molar-refractivity contribution >= 4 is 28.9 Å². The molecule has 30 heavy (non-hydrogen) atoms. The van der Waals surface area contributed by atoms with Crippen LogP contribution in [0.4, 0.5) is 17.2 Å². The second-order valence-electron chi connectivity index (χ2n) is 7.54. The van der Waals surface area contributed by atoms with Crippen LogP contribution in [0.3, 0.4) is 0 Å². The zero-order chi connectivity index (χ0) is 21.3. The summed E-state index contributed by atoms with van der Waals surface area (Å²) >= 11 is 0. The zero-order valence-electron chi connectivity index (χ0n) is 16.9. The summed E-state index contributed by atoms with van der Waals surface area (Å²) in [7, 11) is 0. The molecule has 4 aromatic rings. The first kappa shape index (κ1) is 19.6. The number of fused-ring (bicyclic) bond motifs is 1. The second kappa shape index (κ2) is 7.62. The summed E-state index contributed by atoms with van der Waals surface area (Å²) in [4.78, 5) is 9.22. The van der Waals surface area contributed by atoms with Crippen molar-refractivity contribution in [2.75, 3.05) is 10.7 Å². The largest absolute Gasteiger partial charge is 0.386 e. The highest BCUT2D eigenvalue weighted by atomic mass is 16.3. The smallest absolute Gasteiger partial charge is 0.180 e. The van der Waals surface area contributed by atoms with Gasteiger partial charge in [-0.1, -0.05) is 36.9 Å². The number of nitrogens with zero attached hydrogens (tertiary/aromatic N) is 3. The molecule has 0 radical (unpaired) electrons. The molecule has 0 bridgehead atoms. The Balaban J connectivity index is 1.74. The lowest BCUT2D eigenvalue weighted by molar-refractivity contribution is 0.0786. The summed E-state index contributed by atoms with van der Waals surface area (Å²) < 4.78 is 1.92. The van der Waals surface area contributed by atoms with E-state index >= 15 is 0 Å². The number of aliphatic hydroxyl groups is 1. The molecule has 0 saturated carbocycles.